The number of hydrogen-bond acceptors (Lipinski definition) is 8. The Balaban J connectivity index is 1.84. The van der Waals surface area contributed by atoms with Crippen LogP contribution >= 0.6 is 11.6 Å². The zero-order valence-corrected chi connectivity index (χ0v) is 22.8. The summed E-state index contributed by atoms with van der Waals surface area (Å²) in [5.41, 5.74) is 0.510. The summed E-state index contributed by atoms with van der Waals surface area (Å²) >= 11 is 6.48. The van der Waals surface area contributed by atoms with Crippen LogP contribution in [0.1, 0.15) is 28.1 Å². The zero-order valence-electron chi connectivity index (χ0n) is 22.0. The molecule has 41 heavy (non-hydrogen) atoms. The summed E-state index contributed by atoms with van der Waals surface area (Å²) < 4.78 is 23.5. The smallest absolute Gasteiger partial charge is 0.332 e. The number of nitrogens with zero attached hydrogens (tertiary/aromatic N) is 8. The lowest BCUT2D eigenvalue weighted by Crippen LogP contribution is -2.41. The minimum atomic E-state index is -0.705. The number of aromatic nitrogens is 6. The molecule has 13 heteroatoms. The van der Waals surface area contributed by atoms with E-state index >= 15 is 0 Å². The second-order valence-electron chi connectivity index (χ2n) is 9.18. The Kier molecular flexibility index (Phi) is 7.10. The highest BCUT2D eigenvalue weighted by molar-refractivity contribution is 6.33. The van der Waals surface area contributed by atoms with Crippen molar-refractivity contribution in [3.05, 3.63) is 102 Å². The van der Waals surface area contributed by atoms with Gasteiger partial charge in [-0.25, -0.2) is 19.2 Å². The Labute approximate surface area is 236 Å². The van der Waals surface area contributed by atoms with E-state index in [2.05, 4.69) is 21.1 Å². The second kappa shape index (κ2) is 10.7. The van der Waals surface area contributed by atoms with Crippen LogP contribution in [0.25, 0.3) is 22.2 Å². The third-order valence-electron chi connectivity index (χ3n) is 6.57. The van der Waals surface area contributed by atoms with E-state index in [4.69, 9.17) is 16.3 Å². The van der Waals surface area contributed by atoms with Crippen LogP contribution < -0.4 is 16.0 Å². The number of benzene rings is 2. The summed E-state index contributed by atoms with van der Waals surface area (Å²) in [6.07, 6.45) is 1.44. The fraction of sp³-hybridized carbons (Fsp3) is 0.179. The lowest BCUT2D eigenvalue weighted by Gasteiger charge is -2.17. The van der Waals surface area contributed by atoms with Gasteiger partial charge in [-0.2, -0.15) is 15.6 Å². The Morgan fingerprint density at radius 1 is 1.05 bits per heavy atom. The molecule has 0 N–H and O–H groups in total. The molecule has 11 nitrogen and oxygen atoms in total. The van der Waals surface area contributed by atoms with E-state index in [9.17, 15) is 24.5 Å². The molecule has 0 bridgehead atoms. The summed E-state index contributed by atoms with van der Waals surface area (Å²) in [5, 5.41) is 23.3. The van der Waals surface area contributed by atoms with Crippen LogP contribution in [-0.4, -0.2) is 36.0 Å². The van der Waals surface area contributed by atoms with E-state index in [1.807, 2.05) is 6.07 Å². The van der Waals surface area contributed by atoms with Crippen molar-refractivity contribution in [2.24, 2.45) is 7.05 Å². The standard InChI is InChI=1S/C28H20ClFN8O3/c1-15-6-22(30)17(11-32)8-18(15)12-37-23-9-20(19-7-16(10-31)4-5-21(19)29)26(41-3)34-25(23)27(39)38(28(37)40)13-24-33-14-36(2)35-24/h4-9,14H,12-13H2,1-3H3. The number of fused-ring (bicyclic) bond motifs is 1. The van der Waals surface area contributed by atoms with Gasteiger partial charge in [-0.15, -0.1) is 0 Å². The van der Waals surface area contributed by atoms with Crippen molar-refractivity contribution in [1.29, 1.82) is 10.5 Å². The van der Waals surface area contributed by atoms with E-state index in [1.165, 1.54) is 34.8 Å². The molecule has 0 atom stereocenters. The highest BCUT2D eigenvalue weighted by Gasteiger charge is 2.22. The number of ether oxygens (including phenoxy) is 1. The number of aryl methyl sites for hydroxylation is 2. The molecule has 0 amide bonds. The van der Waals surface area contributed by atoms with Gasteiger partial charge in [0, 0.05) is 23.2 Å². The van der Waals surface area contributed by atoms with Crippen LogP contribution in [-0.2, 0) is 20.1 Å². The molecule has 5 aromatic rings. The molecule has 0 saturated heterocycles. The van der Waals surface area contributed by atoms with E-state index in [-0.39, 0.29) is 41.4 Å². The third-order valence-corrected chi connectivity index (χ3v) is 6.90. The minimum absolute atomic E-state index is 0.0454. The molecular weight excluding hydrogens is 551 g/mol. The van der Waals surface area contributed by atoms with Gasteiger partial charge in [0.15, 0.2) is 11.3 Å². The Bertz CT molecular complexity index is 2070. The molecule has 0 aliphatic carbocycles. The maximum atomic E-state index is 14.3. The molecule has 204 valence electrons. The van der Waals surface area contributed by atoms with Crippen LogP contribution in [0, 0.1) is 35.4 Å². The predicted molar refractivity (Wildman–Crippen MR) is 147 cm³/mol. The molecule has 5 rings (SSSR count). The highest BCUT2D eigenvalue weighted by atomic mass is 35.5. The zero-order chi connectivity index (χ0) is 29.4. The summed E-state index contributed by atoms with van der Waals surface area (Å²) in [6, 6.07) is 12.6. The van der Waals surface area contributed by atoms with E-state index in [0.717, 1.165) is 4.57 Å². The van der Waals surface area contributed by atoms with Gasteiger partial charge in [0.2, 0.25) is 5.88 Å². The van der Waals surface area contributed by atoms with E-state index < -0.39 is 17.1 Å². The number of methoxy groups -OCH3 is 1. The van der Waals surface area contributed by atoms with Gasteiger partial charge < -0.3 is 4.74 Å². The fourth-order valence-corrected chi connectivity index (χ4v) is 4.72. The Morgan fingerprint density at radius 3 is 2.49 bits per heavy atom. The van der Waals surface area contributed by atoms with Crippen LogP contribution in [0.5, 0.6) is 5.88 Å². The highest BCUT2D eigenvalue weighted by Crippen LogP contribution is 2.36. The molecular formula is C28H20ClFN8O3. The SMILES string of the molecule is COc1nc2c(=O)n(Cc3ncn(C)n3)c(=O)n(Cc3cc(C#N)c(F)cc3C)c2cc1-c1cc(C#N)ccc1Cl. The maximum Gasteiger partial charge on any atom is 0.332 e. The monoisotopic (exact) mass is 570 g/mol. The summed E-state index contributed by atoms with van der Waals surface area (Å²) in [4.78, 5) is 36.2. The van der Waals surface area contributed by atoms with Crippen molar-refractivity contribution in [2.75, 3.05) is 7.11 Å². The average molecular weight is 571 g/mol. The summed E-state index contributed by atoms with van der Waals surface area (Å²) in [5.74, 6) is -0.409. The first-order valence-corrected chi connectivity index (χ1v) is 12.5. The predicted octanol–water partition coefficient (Wildman–Crippen LogP) is 3.30. The Hall–Kier alpha value is -5.33. The number of hydrogen-bond donors (Lipinski definition) is 0. The number of halogens is 2. The molecule has 0 fully saturated rings. The number of pyridine rings is 1. The second-order valence-corrected chi connectivity index (χ2v) is 9.59. The van der Waals surface area contributed by atoms with Crippen LogP contribution in [0.3, 0.4) is 0 Å². The van der Waals surface area contributed by atoms with Crippen molar-refractivity contribution in [3.63, 3.8) is 0 Å². The van der Waals surface area contributed by atoms with Gasteiger partial charge in [0.1, 0.15) is 18.2 Å². The number of nitriles is 2. The quantitative estimate of drug-likeness (QED) is 0.302. The van der Waals surface area contributed by atoms with Gasteiger partial charge >= 0.3 is 5.69 Å². The van der Waals surface area contributed by atoms with Gasteiger partial charge in [0.05, 0.1) is 42.9 Å². The molecule has 3 aromatic heterocycles. The van der Waals surface area contributed by atoms with Crippen molar-refractivity contribution in [2.45, 2.75) is 20.0 Å². The number of rotatable bonds is 6. The van der Waals surface area contributed by atoms with Crippen molar-refractivity contribution < 1.29 is 9.13 Å². The van der Waals surface area contributed by atoms with Crippen molar-refractivity contribution >= 4 is 22.6 Å². The van der Waals surface area contributed by atoms with E-state index in [1.54, 1.807) is 38.2 Å². The molecule has 0 aliphatic rings. The first kappa shape index (κ1) is 27.2. The van der Waals surface area contributed by atoms with Crippen LogP contribution in [0.2, 0.25) is 5.02 Å². The fourth-order valence-electron chi connectivity index (χ4n) is 4.50. The topological polar surface area (TPSA) is 144 Å². The molecule has 0 spiro atoms. The summed E-state index contributed by atoms with van der Waals surface area (Å²) in [6.45, 7) is 1.30. The molecule has 0 saturated carbocycles. The Morgan fingerprint density at radius 2 is 1.83 bits per heavy atom. The summed E-state index contributed by atoms with van der Waals surface area (Å²) in [7, 11) is 3.03. The minimum Gasteiger partial charge on any atom is -0.481 e. The molecule has 0 unspecified atom stereocenters. The third kappa shape index (κ3) is 4.93. The van der Waals surface area contributed by atoms with Crippen LogP contribution in [0.15, 0.2) is 52.3 Å². The van der Waals surface area contributed by atoms with Gasteiger partial charge in [-0.3, -0.25) is 18.6 Å². The first-order valence-electron chi connectivity index (χ1n) is 12.1. The molecule has 2 aromatic carbocycles. The van der Waals surface area contributed by atoms with Gasteiger partial charge in [-0.05, 0) is 54.4 Å². The van der Waals surface area contributed by atoms with E-state index in [0.29, 0.717) is 32.8 Å². The lowest BCUT2D eigenvalue weighted by atomic mass is 10.0. The van der Waals surface area contributed by atoms with Crippen molar-refractivity contribution in [3.8, 4) is 29.1 Å². The van der Waals surface area contributed by atoms with Gasteiger partial charge in [0.25, 0.3) is 5.56 Å². The maximum absolute atomic E-state index is 14.3. The normalized spacial score (nSPS) is 10.9. The van der Waals surface area contributed by atoms with Gasteiger partial charge in [-0.1, -0.05) is 11.6 Å². The lowest BCUT2D eigenvalue weighted by molar-refractivity contribution is 0.401. The van der Waals surface area contributed by atoms with Crippen molar-refractivity contribution in [1.82, 2.24) is 28.9 Å². The van der Waals surface area contributed by atoms with Crippen LogP contribution in [0.4, 0.5) is 4.39 Å². The average Bonchev–Trinajstić information content (AvgIpc) is 3.38. The molecule has 0 aliphatic heterocycles. The molecule has 0 radical (unpaired) electrons. The first-order chi connectivity index (χ1) is 19.6. The molecule has 3 heterocycles. The largest absolute Gasteiger partial charge is 0.481 e.